The summed E-state index contributed by atoms with van der Waals surface area (Å²) in [6, 6.07) is 6.22. The predicted octanol–water partition coefficient (Wildman–Crippen LogP) is 2.24. The van der Waals surface area contributed by atoms with Crippen LogP contribution in [-0.2, 0) is 11.2 Å². The molecule has 1 aliphatic heterocycles. The van der Waals surface area contributed by atoms with Crippen LogP contribution in [0, 0.1) is 5.82 Å². The Morgan fingerprint density at radius 1 is 1.28 bits per heavy atom. The first-order valence-electron chi connectivity index (χ1n) is 8.20. The SMILES string of the molecule is COC(=O)N1CCN([C@@H](C)c2nc(Cc3ccc(F)cc3)no2)CC1. The van der Waals surface area contributed by atoms with Crippen molar-refractivity contribution in [1.29, 1.82) is 0 Å². The van der Waals surface area contributed by atoms with Crippen molar-refractivity contribution in [3.8, 4) is 0 Å². The van der Waals surface area contributed by atoms with E-state index < -0.39 is 0 Å². The summed E-state index contributed by atoms with van der Waals surface area (Å²) in [5, 5.41) is 4.02. The molecule has 1 amide bonds. The molecule has 1 fully saturated rings. The van der Waals surface area contributed by atoms with Crippen LogP contribution in [-0.4, -0.2) is 59.3 Å². The molecule has 0 bridgehead atoms. The molecule has 2 heterocycles. The van der Waals surface area contributed by atoms with Gasteiger partial charge in [0.15, 0.2) is 5.82 Å². The second-order valence-electron chi connectivity index (χ2n) is 6.02. The minimum atomic E-state index is -0.299. The van der Waals surface area contributed by atoms with E-state index in [1.807, 2.05) is 6.92 Å². The molecule has 1 saturated heterocycles. The van der Waals surface area contributed by atoms with Crippen LogP contribution in [0.1, 0.15) is 30.2 Å². The molecule has 0 spiro atoms. The van der Waals surface area contributed by atoms with E-state index in [1.54, 1.807) is 17.0 Å². The van der Waals surface area contributed by atoms with Crippen LogP contribution in [0.25, 0.3) is 0 Å². The first kappa shape index (κ1) is 17.3. The molecule has 0 unspecified atom stereocenters. The summed E-state index contributed by atoms with van der Waals surface area (Å²) in [4.78, 5) is 19.9. The van der Waals surface area contributed by atoms with Gasteiger partial charge < -0.3 is 14.2 Å². The van der Waals surface area contributed by atoms with Crippen molar-refractivity contribution in [3.63, 3.8) is 0 Å². The van der Waals surface area contributed by atoms with Crippen molar-refractivity contribution in [2.45, 2.75) is 19.4 Å². The lowest BCUT2D eigenvalue weighted by atomic mass is 10.1. The van der Waals surface area contributed by atoms with Gasteiger partial charge in [-0.2, -0.15) is 4.98 Å². The van der Waals surface area contributed by atoms with Gasteiger partial charge in [-0.3, -0.25) is 4.90 Å². The van der Waals surface area contributed by atoms with Crippen molar-refractivity contribution in [2.24, 2.45) is 0 Å². The van der Waals surface area contributed by atoms with Gasteiger partial charge in [0.05, 0.1) is 13.2 Å². The van der Waals surface area contributed by atoms with Gasteiger partial charge in [-0.1, -0.05) is 17.3 Å². The lowest BCUT2D eigenvalue weighted by Gasteiger charge is -2.35. The molecule has 0 aliphatic carbocycles. The molecule has 8 heteroatoms. The van der Waals surface area contributed by atoms with Crippen molar-refractivity contribution in [3.05, 3.63) is 47.4 Å². The molecular weight excluding hydrogens is 327 g/mol. The van der Waals surface area contributed by atoms with Crippen LogP contribution in [0.4, 0.5) is 9.18 Å². The fourth-order valence-electron chi connectivity index (χ4n) is 2.87. The topological polar surface area (TPSA) is 71.7 Å². The number of carbonyl (C=O) groups excluding carboxylic acids is 1. The Labute approximate surface area is 145 Å². The lowest BCUT2D eigenvalue weighted by Crippen LogP contribution is -2.49. The van der Waals surface area contributed by atoms with E-state index in [4.69, 9.17) is 9.26 Å². The normalized spacial score (nSPS) is 16.7. The molecule has 0 N–H and O–H groups in total. The molecule has 1 aromatic carbocycles. The van der Waals surface area contributed by atoms with Crippen LogP contribution in [0.15, 0.2) is 28.8 Å². The van der Waals surface area contributed by atoms with Gasteiger partial charge >= 0.3 is 6.09 Å². The number of methoxy groups -OCH3 is 1. The zero-order valence-corrected chi connectivity index (χ0v) is 14.3. The van der Waals surface area contributed by atoms with Crippen LogP contribution in [0.2, 0.25) is 0 Å². The average Bonchev–Trinajstić information content (AvgIpc) is 3.11. The first-order chi connectivity index (χ1) is 12.1. The van der Waals surface area contributed by atoms with Crippen molar-refractivity contribution in [1.82, 2.24) is 19.9 Å². The Morgan fingerprint density at radius 3 is 2.60 bits per heavy atom. The highest BCUT2D eigenvalue weighted by atomic mass is 19.1. The van der Waals surface area contributed by atoms with Gasteiger partial charge in [-0.25, -0.2) is 9.18 Å². The highest BCUT2D eigenvalue weighted by Gasteiger charge is 2.27. The van der Waals surface area contributed by atoms with E-state index in [0.717, 1.165) is 5.56 Å². The summed E-state index contributed by atoms with van der Waals surface area (Å²) >= 11 is 0. The molecule has 1 atom stereocenters. The number of ether oxygens (including phenoxy) is 1. The fourth-order valence-corrected chi connectivity index (χ4v) is 2.87. The molecule has 3 rings (SSSR count). The molecular formula is C17H21FN4O3. The van der Waals surface area contributed by atoms with Gasteiger partial charge in [0.1, 0.15) is 5.82 Å². The molecule has 0 radical (unpaired) electrons. The number of benzene rings is 1. The highest BCUT2D eigenvalue weighted by Crippen LogP contribution is 2.21. The number of aromatic nitrogens is 2. The van der Waals surface area contributed by atoms with Gasteiger partial charge in [-0.15, -0.1) is 0 Å². The van der Waals surface area contributed by atoms with Gasteiger partial charge in [0.25, 0.3) is 0 Å². The van der Waals surface area contributed by atoms with Crippen molar-refractivity contribution >= 4 is 6.09 Å². The number of hydrogen-bond donors (Lipinski definition) is 0. The number of carbonyl (C=O) groups is 1. The zero-order valence-electron chi connectivity index (χ0n) is 14.3. The Morgan fingerprint density at radius 2 is 1.96 bits per heavy atom. The van der Waals surface area contributed by atoms with E-state index >= 15 is 0 Å². The number of amides is 1. The van der Waals surface area contributed by atoms with Crippen molar-refractivity contribution < 1.29 is 18.4 Å². The van der Waals surface area contributed by atoms with Gasteiger partial charge in [0, 0.05) is 32.6 Å². The summed E-state index contributed by atoms with van der Waals surface area (Å²) in [6.45, 7) is 4.64. The van der Waals surface area contributed by atoms with E-state index in [-0.39, 0.29) is 18.0 Å². The molecule has 7 nitrogen and oxygen atoms in total. The largest absolute Gasteiger partial charge is 0.453 e. The van der Waals surface area contributed by atoms with Crippen LogP contribution in [0.3, 0.4) is 0 Å². The van der Waals surface area contributed by atoms with E-state index in [9.17, 15) is 9.18 Å². The standard InChI is InChI=1S/C17H21FN4O3/c1-12(21-7-9-22(10-8-21)17(23)24-2)16-19-15(20-25-16)11-13-3-5-14(18)6-4-13/h3-6,12H,7-11H2,1-2H3/t12-/m0/s1. The number of rotatable bonds is 4. The fraction of sp³-hybridized carbons (Fsp3) is 0.471. The molecule has 0 saturated carbocycles. The summed E-state index contributed by atoms with van der Waals surface area (Å²) < 4.78 is 23.1. The average molecular weight is 348 g/mol. The number of halogens is 1. The Hall–Kier alpha value is -2.48. The van der Waals surface area contributed by atoms with Crippen LogP contribution in [0.5, 0.6) is 0 Å². The summed E-state index contributed by atoms with van der Waals surface area (Å²) in [5.74, 6) is 0.850. The van der Waals surface area contributed by atoms with E-state index in [0.29, 0.717) is 44.3 Å². The lowest BCUT2D eigenvalue weighted by molar-refractivity contribution is 0.0708. The third-order valence-corrected chi connectivity index (χ3v) is 4.41. The highest BCUT2D eigenvalue weighted by molar-refractivity contribution is 5.67. The maximum Gasteiger partial charge on any atom is 0.409 e. The maximum atomic E-state index is 13.0. The van der Waals surface area contributed by atoms with Crippen LogP contribution >= 0.6 is 0 Å². The second kappa shape index (κ2) is 7.60. The molecule has 1 aliphatic rings. The number of piperazine rings is 1. The Balaban J connectivity index is 1.58. The number of hydrogen-bond acceptors (Lipinski definition) is 6. The molecule has 2 aromatic rings. The van der Waals surface area contributed by atoms with Crippen molar-refractivity contribution in [2.75, 3.05) is 33.3 Å². The summed E-state index contributed by atoms with van der Waals surface area (Å²) in [6.07, 6.45) is 0.193. The smallest absolute Gasteiger partial charge is 0.409 e. The molecule has 134 valence electrons. The van der Waals surface area contributed by atoms with Gasteiger partial charge in [-0.05, 0) is 24.6 Å². The number of nitrogens with zero attached hydrogens (tertiary/aromatic N) is 4. The Bertz CT molecular complexity index is 711. The quantitative estimate of drug-likeness (QED) is 0.844. The minimum absolute atomic E-state index is 0.0331. The predicted molar refractivity (Wildman–Crippen MR) is 87.5 cm³/mol. The molecule has 1 aromatic heterocycles. The van der Waals surface area contributed by atoms with E-state index in [1.165, 1.54) is 19.2 Å². The third-order valence-electron chi connectivity index (χ3n) is 4.41. The zero-order chi connectivity index (χ0) is 17.8. The monoisotopic (exact) mass is 348 g/mol. The maximum absolute atomic E-state index is 13.0. The molecule has 25 heavy (non-hydrogen) atoms. The van der Waals surface area contributed by atoms with E-state index in [2.05, 4.69) is 15.0 Å². The second-order valence-corrected chi connectivity index (χ2v) is 6.02. The minimum Gasteiger partial charge on any atom is -0.453 e. The Kier molecular flexibility index (Phi) is 5.28. The van der Waals surface area contributed by atoms with Crippen LogP contribution < -0.4 is 0 Å². The van der Waals surface area contributed by atoms with Gasteiger partial charge in [0.2, 0.25) is 5.89 Å². The summed E-state index contributed by atoms with van der Waals surface area (Å²) in [7, 11) is 1.39. The summed E-state index contributed by atoms with van der Waals surface area (Å²) in [5.41, 5.74) is 0.924. The first-order valence-corrected chi connectivity index (χ1v) is 8.20. The third kappa shape index (κ3) is 4.14.